The first-order chi connectivity index (χ1) is 11.0. The molecular weight excluding hydrogens is 301 g/mol. The van der Waals surface area contributed by atoms with Crippen LogP contribution in [-0.2, 0) is 19.1 Å². The number of likely N-dealkylation sites (N-methyl/N-ethyl adjacent to an activating group) is 1. The lowest BCUT2D eigenvalue weighted by atomic mass is 9.98. The zero-order chi connectivity index (χ0) is 17.2. The predicted octanol–water partition coefficient (Wildman–Crippen LogP) is 2.36. The molecule has 0 aliphatic rings. The summed E-state index contributed by atoms with van der Waals surface area (Å²) in [4.78, 5) is 25.4. The summed E-state index contributed by atoms with van der Waals surface area (Å²) in [6.45, 7) is 4.98. The van der Waals surface area contributed by atoms with Crippen molar-refractivity contribution >= 4 is 11.9 Å². The standard InChI is InChI=1S/C17H24FNO4/c1-4-22-16(20)10-11-19(3)12-15(17(21)23-5-2)13-6-8-14(18)9-7-13/h6-9,15H,4-5,10-12H2,1-3H3. The molecule has 1 aromatic carbocycles. The molecule has 1 unspecified atom stereocenters. The lowest BCUT2D eigenvalue weighted by molar-refractivity contribution is -0.145. The van der Waals surface area contributed by atoms with Crippen LogP contribution in [0.2, 0.25) is 0 Å². The van der Waals surface area contributed by atoms with Crippen molar-refractivity contribution in [3.8, 4) is 0 Å². The Bertz CT molecular complexity index is 504. The Hall–Kier alpha value is -1.95. The monoisotopic (exact) mass is 325 g/mol. The van der Waals surface area contributed by atoms with Crippen molar-refractivity contribution in [2.24, 2.45) is 0 Å². The van der Waals surface area contributed by atoms with Crippen LogP contribution in [-0.4, -0.2) is 50.2 Å². The summed E-state index contributed by atoms with van der Waals surface area (Å²) in [6.07, 6.45) is 0.253. The summed E-state index contributed by atoms with van der Waals surface area (Å²) in [5.74, 6) is -1.51. The first-order valence-electron chi connectivity index (χ1n) is 7.74. The van der Waals surface area contributed by atoms with E-state index in [1.54, 1.807) is 26.0 Å². The summed E-state index contributed by atoms with van der Waals surface area (Å²) < 4.78 is 23.1. The molecule has 128 valence electrons. The maximum Gasteiger partial charge on any atom is 0.314 e. The molecule has 0 spiro atoms. The molecule has 0 aromatic heterocycles. The fourth-order valence-corrected chi connectivity index (χ4v) is 2.17. The number of esters is 2. The molecule has 0 amide bonds. The van der Waals surface area contributed by atoms with Gasteiger partial charge in [-0.25, -0.2) is 4.39 Å². The fourth-order valence-electron chi connectivity index (χ4n) is 2.17. The minimum absolute atomic E-state index is 0.253. The van der Waals surface area contributed by atoms with Gasteiger partial charge in [-0.1, -0.05) is 12.1 Å². The molecular formula is C17H24FNO4. The first kappa shape index (κ1) is 19.1. The van der Waals surface area contributed by atoms with Gasteiger partial charge in [-0.05, 0) is 38.6 Å². The Morgan fingerprint density at radius 1 is 1.13 bits per heavy atom. The van der Waals surface area contributed by atoms with Crippen LogP contribution in [0.4, 0.5) is 4.39 Å². The minimum Gasteiger partial charge on any atom is -0.466 e. The van der Waals surface area contributed by atoms with Crippen LogP contribution >= 0.6 is 0 Å². The van der Waals surface area contributed by atoms with E-state index in [-0.39, 0.29) is 30.8 Å². The van der Waals surface area contributed by atoms with Crippen LogP contribution in [0, 0.1) is 5.82 Å². The second kappa shape index (κ2) is 9.94. The number of hydrogen-bond acceptors (Lipinski definition) is 5. The van der Waals surface area contributed by atoms with Gasteiger partial charge in [0, 0.05) is 13.1 Å². The minimum atomic E-state index is -0.525. The van der Waals surface area contributed by atoms with Crippen LogP contribution in [0.1, 0.15) is 31.7 Å². The SMILES string of the molecule is CCOC(=O)CCN(C)CC(C(=O)OCC)c1ccc(F)cc1. The normalized spacial score (nSPS) is 12.0. The number of halogens is 1. The third kappa shape index (κ3) is 6.78. The number of carbonyl (C=O) groups is 2. The van der Waals surface area contributed by atoms with Crippen molar-refractivity contribution < 1.29 is 23.5 Å². The molecule has 1 aromatic rings. The smallest absolute Gasteiger partial charge is 0.314 e. The van der Waals surface area contributed by atoms with Gasteiger partial charge in [-0.2, -0.15) is 0 Å². The van der Waals surface area contributed by atoms with Crippen molar-refractivity contribution in [3.05, 3.63) is 35.6 Å². The van der Waals surface area contributed by atoms with Gasteiger partial charge in [0.1, 0.15) is 5.82 Å². The molecule has 0 saturated carbocycles. The van der Waals surface area contributed by atoms with Crippen molar-refractivity contribution in [1.29, 1.82) is 0 Å². The summed E-state index contributed by atoms with van der Waals surface area (Å²) in [6, 6.07) is 5.80. The highest BCUT2D eigenvalue weighted by Gasteiger charge is 2.24. The topological polar surface area (TPSA) is 55.8 Å². The highest BCUT2D eigenvalue weighted by atomic mass is 19.1. The lowest BCUT2D eigenvalue weighted by Crippen LogP contribution is -2.32. The van der Waals surface area contributed by atoms with Crippen molar-refractivity contribution in [2.75, 3.05) is 33.4 Å². The fraction of sp³-hybridized carbons (Fsp3) is 0.529. The van der Waals surface area contributed by atoms with E-state index in [9.17, 15) is 14.0 Å². The lowest BCUT2D eigenvalue weighted by Gasteiger charge is -2.23. The van der Waals surface area contributed by atoms with Crippen LogP contribution < -0.4 is 0 Å². The molecule has 0 aliphatic carbocycles. The third-order valence-electron chi connectivity index (χ3n) is 3.34. The van der Waals surface area contributed by atoms with Crippen LogP contribution in [0.25, 0.3) is 0 Å². The van der Waals surface area contributed by atoms with Gasteiger partial charge >= 0.3 is 11.9 Å². The second-order valence-corrected chi connectivity index (χ2v) is 5.17. The van der Waals surface area contributed by atoms with Crippen LogP contribution in [0.3, 0.4) is 0 Å². The van der Waals surface area contributed by atoms with E-state index in [1.165, 1.54) is 12.1 Å². The van der Waals surface area contributed by atoms with Crippen molar-refractivity contribution in [2.45, 2.75) is 26.2 Å². The number of ether oxygens (including phenoxy) is 2. The largest absolute Gasteiger partial charge is 0.466 e. The maximum absolute atomic E-state index is 13.1. The Kier molecular flexibility index (Phi) is 8.26. The van der Waals surface area contributed by atoms with E-state index in [1.807, 2.05) is 11.9 Å². The van der Waals surface area contributed by atoms with E-state index in [4.69, 9.17) is 9.47 Å². The van der Waals surface area contributed by atoms with Gasteiger partial charge in [0.25, 0.3) is 0 Å². The molecule has 0 bridgehead atoms. The second-order valence-electron chi connectivity index (χ2n) is 5.17. The van der Waals surface area contributed by atoms with Crippen LogP contribution in [0.5, 0.6) is 0 Å². The summed E-state index contributed by atoms with van der Waals surface area (Å²) in [5.41, 5.74) is 0.688. The van der Waals surface area contributed by atoms with Gasteiger partial charge < -0.3 is 14.4 Å². The highest BCUT2D eigenvalue weighted by molar-refractivity contribution is 5.78. The zero-order valence-corrected chi connectivity index (χ0v) is 13.9. The van der Waals surface area contributed by atoms with Gasteiger partial charge in [0.15, 0.2) is 0 Å². The zero-order valence-electron chi connectivity index (χ0n) is 13.9. The third-order valence-corrected chi connectivity index (χ3v) is 3.34. The van der Waals surface area contributed by atoms with Gasteiger partial charge in [0.2, 0.25) is 0 Å². The highest BCUT2D eigenvalue weighted by Crippen LogP contribution is 2.19. The van der Waals surface area contributed by atoms with Gasteiger partial charge in [-0.15, -0.1) is 0 Å². The summed E-state index contributed by atoms with van der Waals surface area (Å²) in [5, 5.41) is 0. The predicted molar refractivity (Wildman–Crippen MR) is 84.5 cm³/mol. The number of hydrogen-bond donors (Lipinski definition) is 0. The van der Waals surface area contributed by atoms with Gasteiger partial charge in [0.05, 0.1) is 25.6 Å². The molecule has 0 aliphatic heterocycles. The molecule has 0 fully saturated rings. The number of carbonyl (C=O) groups excluding carboxylic acids is 2. The van der Waals surface area contributed by atoms with E-state index in [0.717, 1.165) is 0 Å². The molecule has 0 N–H and O–H groups in total. The summed E-state index contributed by atoms with van der Waals surface area (Å²) >= 11 is 0. The molecule has 23 heavy (non-hydrogen) atoms. The average Bonchev–Trinajstić information content (AvgIpc) is 2.52. The van der Waals surface area contributed by atoms with Gasteiger partial charge in [-0.3, -0.25) is 9.59 Å². The maximum atomic E-state index is 13.1. The number of nitrogens with zero attached hydrogens (tertiary/aromatic N) is 1. The molecule has 6 heteroatoms. The molecule has 0 radical (unpaired) electrons. The first-order valence-corrected chi connectivity index (χ1v) is 7.74. The Labute approximate surface area is 136 Å². The van der Waals surface area contributed by atoms with Crippen LogP contribution in [0.15, 0.2) is 24.3 Å². The molecule has 1 rings (SSSR count). The Morgan fingerprint density at radius 2 is 1.74 bits per heavy atom. The van der Waals surface area contributed by atoms with E-state index >= 15 is 0 Å². The average molecular weight is 325 g/mol. The Morgan fingerprint density at radius 3 is 2.30 bits per heavy atom. The van der Waals surface area contributed by atoms with Crippen molar-refractivity contribution in [1.82, 2.24) is 4.90 Å². The number of benzene rings is 1. The Balaban J connectivity index is 2.71. The molecule has 1 atom stereocenters. The van der Waals surface area contributed by atoms with E-state index in [0.29, 0.717) is 25.3 Å². The van der Waals surface area contributed by atoms with Crippen molar-refractivity contribution in [3.63, 3.8) is 0 Å². The van der Waals surface area contributed by atoms with E-state index < -0.39 is 5.92 Å². The molecule has 0 saturated heterocycles. The molecule has 5 nitrogen and oxygen atoms in total. The number of rotatable bonds is 9. The quantitative estimate of drug-likeness (QED) is 0.652. The molecule has 0 heterocycles. The summed E-state index contributed by atoms with van der Waals surface area (Å²) in [7, 11) is 1.81. The van der Waals surface area contributed by atoms with E-state index in [2.05, 4.69) is 0 Å².